The summed E-state index contributed by atoms with van der Waals surface area (Å²) < 4.78 is 6.42. The fourth-order valence-electron chi connectivity index (χ4n) is 7.27. The first kappa shape index (κ1) is 33.1. The molecule has 0 unspecified atom stereocenters. The Labute approximate surface area is 245 Å². The summed E-state index contributed by atoms with van der Waals surface area (Å²) in [4.78, 5) is 26.5. The molecule has 6 N–H and O–H groups in total. The van der Waals surface area contributed by atoms with Gasteiger partial charge in [0.05, 0.1) is 11.9 Å². The first-order valence-electron chi connectivity index (χ1n) is 15.1. The predicted molar refractivity (Wildman–Crippen MR) is 163 cm³/mol. The maximum atomic E-state index is 13.4. The minimum Gasteiger partial charge on any atom is -0.461 e. The van der Waals surface area contributed by atoms with Gasteiger partial charge in [0.2, 0.25) is 0 Å². The van der Waals surface area contributed by atoms with Gasteiger partial charge in [0.25, 0.3) is 0 Å². The number of nitrogens with one attached hydrogen (secondary N) is 1. The SMILES string of the molecule is CC(=O)CC[C@]12CC[C@@H](C)[C@](C)(C1)[C@H](OC(=O)CSc1ccc(CN)cc1)C[C@](C)(CNCCCN)[C@@H](O)[C@@H]2C. The Kier molecular flexibility index (Phi) is 11.7. The number of ketones is 1. The summed E-state index contributed by atoms with van der Waals surface area (Å²) in [5.41, 5.74) is 11.5. The molecular weight excluding hydrogens is 522 g/mol. The van der Waals surface area contributed by atoms with E-state index in [-0.39, 0.29) is 40.4 Å². The zero-order valence-electron chi connectivity index (χ0n) is 25.3. The van der Waals surface area contributed by atoms with E-state index in [0.29, 0.717) is 38.4 Å². The van der Waals surface area contributed by atoms with Gasteiger partial charge in [0, 0.05) is 35.2 Å². The average Bonchev–Trinajstić information content (AvgIpc) is 2.93. The zero-order valence-corrected chi connectivity index (χ0v) is 26.2. The highest BCUT2D eigenvalue weighted by atomic mass is 32.2. The van der Waals surface area contributed by atoms with Crippen LogP contribution >= 0.6 is 11.8 Å². The molecule has 0 saturated heterocycles. The number of aliphatic hydroxyl groups excluding tert-OH is 1. The van der Waals surface area contributed by atoms with E-state index in [0.717, 1.165) is 49.1 Å². The number of carbonyl (C=O) groups excluding carboxylic acids is 2. The molecule has 1 aromatic rings. The van der Waals surface area contributed by atoms with Crippen LogP contribution in [0.4, 0.5) is 0 Å². The molecular formula is C32H53N3O4S. The van der Waals surface area contributed by atoms with Gasteiger partial charge in [-0.2, -0.15) is 0 Å². The Balaban J connectivity index is 1.90. The summed E-state index contributed by atoms with van der Waals surface area (Å²) >= 11 is 1.47. The number of hydrogen-bond acceptors (Lipinski definition) is 8. The summed E-state index contributed by atoms with van der Waals surface area (Å²) in [6, 6.07) is 7.95. The summed E-state index contributed by atoms with van der Waals surface area (Å²) in [6.45, 7) is 13.0. The lowest BCUT2D eigenvalue weighted by Crippen LogP contribution is -2.60. The number of benzene rings is 1. The van der Waals surface area contributed by atoms with E-state index in [1.165, 1.54) is 11.8 Å². The van der Waals surface area contributed by atoms with E-state index in [1.807, 2.05) is 24.3 Å². The van der Waals surface area contributed by atoms with Crippen LogP contribution in [-0.2, 0) is 20.9 Å². The topological polar surface area (TPSA) is 128 Å². The summed E-state index contributed by atoms with van der Waals surface area (Å²) in [7, 11) is 0. The molecule has 0 spiro atoms. The van der Waals surface area contributed by atoms with Crippen LogP contribution in [0.5, 0.6) is 0 Å². The van der Waals surface area contributed by atoms with E-state index < -0.39 is 11.5 Å². The second kappa shape index (κ2) is 14.1. The van der Waals surface area contributed by atoms with Gasteiger partial charge in [-0.3, -0.25) is 4.79 Å². The van der Waals surface area contributed by atoms with Gasteiger partial charge in [-0.15, -0.1) is 11.8 Å². The van der Waals surface area contributed by atoms with Crippen LogP contribution in [0.3, 0.4) is 0 Å². The molecule has 40 heavy (non-hydrogen) atoms. The summed E-state index contributed by atoms with van der Waals surface area (Å²) in [5, 5.41) is 15.5. The minimum atomic E-state index is -0.598. The third kappa shape index (κ3) is 7.68. The van der Waals surface area contributed by atoms with Gasteiger partial charge in [-0.1, -0.05) is 39.8 Å². The van der Waals surface area contributed by atoms with E-state index in [1.54, 1.807) is 6.92 Å². The van der Waals surface area contributed by atoms with Gasteiger partial charge >= 0.3 is 5.97 Å². The highest BCUT2D eigenvalue weighted by Crippen LogP contribution is 2.61. The van der Waals surface area contributed by atoms with Crippen molar-refractivity contribution in [1.29, 1.82) is 0 Å². The van der Waals surface area contributed by atoms with Crippen LogP contribution in [0.1, 0.15) is 85.1 Å². The van der Waals surface area contributed by atoms with Gasteiger partial charge in [0.1, 0.15) is 11.9 Å². The van der Waals surface area contributed by atoms with Crippen molar-refractivity contribution >= 4 is 23.5 Å². The second-order valence-corrected chi connectivity index (χ2v) is 14.3. The lowest BCUT2D eigenvalue weighted by atomic mass is 9.47. The molecule has 0 aliphatic heterocycles. The van der Waals surface area contributed by atoms with Crippen LogP contribution < -0.4 is 16.8 Å². The van der Waals surface area contributed by atoms with Crippen molar-refractivity contribution in [1.82, 2.24) is 5.32 Å². The van der Waals surface area contributed by atoms with Crippen molar-refractivity contribution in [3.05, 3.63) is 29.8 Å². The maximum absolute atomic E-state index is 13.4. The van der Waals surface area contributed by atoms with Gasteiger partial charge in [-0.05, 0) is 93.5 Å². The van der Waals surface area contributed by atoms with Crippen molar-refractivity contribution in [2.24, 2.45) is 39.5 Å². The molecule has 226 valence electrons. The Morgan fingerprint density at radius 3 is 2.50 bits per heavy atom. The zero-order chi connectivity index (χ0) is 29.6. The van der Waals surface area contributed by atoms with Crippen molar-refractivity contribution in [2.45, 2.75) is 103 Å². The molecule has 2 aliphatic rings. The molecule has 2 aliphatic carbocycles. The highest BCUT2D eigenvalue weighted by Gasteiger charge is 2.59. The Hall–Kier alpha value is -1.45. The van der Waals surface area contributed by atoms with Gasteiger partial charge in [-0.25, -0.2) is 0 Å². The van der Waals surface area contributed by atoms with Crippen molar-refractivity contribution in [2.75, 3.05) is 25.4 Å². The number of ether oxygens (including phenoxy) is 1. The first-order valence-corrected chi connectivity index (χ1v) is 16.1. The molecule has 7 nitrogen and oxygen atoms in total. The number of Topliss-reactive ketones (excluding diaryl/α,β-unsaturated/α-hetero) is 1. The third-order valence-corrected chi connectivity index (χ3v) is 11.3. The van der Waals surface area contributed by atoms with E-state index >= 15 is 0 Å². The van der Waals surface area contributed by atoms with Crippen molar-refractivity contribution in [3.8, 4) is 0 Å². The summed E-state index contributed by atoms with van der Waals surface area (Å²) in [5.74, 6) is 0.549. The van der Waals surface area contributed by atoms with Crippen LogP contribution in [0.25, 0.3) is 0 Å². The number of esters is 1. The first-order chi connectivity index (χ1) is 18.9. The highest BCUT2D eigenvalue weighted by molar-refractivity contribution is 8.00. The summed E-state index contributed by atoms with van der Waals surface area (Å²) in [6.07, 6.45) is 4.59. The van der Waals surface area contributed by atoms with E-state index in [2.05, 4.69) is 33.0 Å². The molecule has 0 radical (unpaired) electrons. The molecule has 2 fully saturated rings. The quantitative estimate of drug-likeness (QED) is 0.152. The normalized spacial score (nSPS) is 34.1. The van der Waals surface area contributed by atoms with Crippen LogP contribution in [0, 0.1) is 28.1 Å². The van der Waals surface area contributed by atoms with Crippen LogP contribution in [-0.4, -0.2) is 54.5 Å². The second-order valence-electron chi connectivity index (χ2n) is 13.2. The molecule has 7 atom stereocenters. The standard InChI is InChI=1S/C32H53N3O4S/c1-22-11-13-32(14-12-23(2)36)20-31(22,5)27(17-30(4,29(38)24(32)3)21-35-16-6-15-33)39-28(37)19-40-26-9-7-25(18-34)8-10-26/h7-10,22,24,27,29,35,38H,6,11-21,33-34H2,1-5H3/t22-,24+,27-,29+,30-,31+,32-/m1/s1. The van der Waals surface area contributed by atoms with Crippen molar-refractivity contribution in [3.63, 3.8) is 0 Å². The van der Waals surface area contributed by atoms with Gasteiger partial charge < -0.3 is 31.4 Å². The molecule has 3 rings (SSSR count). The lowest BCUT2D eigenvalue weighted by molar-refractivity contribution is -0.192. The number of rotatable bonds is 13. The molecule has 0 heterocycles. The fourth-order valence-corrected chi connectivity index (χ4v) is 7.95. The maximum Gasteiger partial charge on any atom is 0.316 e. The average molecular weight is 576 g/mol. The minimum absolute atomic E-state index is 0.0173. The number of hydrogen-bond donors (Lipinski definition) is 4. The largest absolute Gasteiger partial charge is 0.461 e. The molecule has 2 saturated carbocycles. The predicted octanol–water partition coefficient (Wildman–Crippen LogP) is 4.68. The Morgan fingerprint density at radius 2 is 1.88 bits per heavy atom. The van der Waals surface area contributed by atoms with Crippen LogP contribution in [0.15, 0.2) is 29.2 Å². The van der Waals surface area contributed by atoms with Crippen molar-refractivity contribution < 1.29 is 19.4 Å². The Bertz CT molecular complexity index is 991. The molecule has 8 heteroatoms. The fraction of sp³-hybridized carbons (Fsp3) is 0.750. The monoisotopic (exact) mass is 575 g/mol. The number of nitrogens with two attached hydrogens (primary N) is 2. The van der Waals surface area contributed by atoms with E-state index in [4.69, 9.17) is 16.2 Å². The third-order valence-electron chi connectivity index (χ3n) is 10.3. The number of thioether (sulfide) groups is 1. The Morgan fingerprint density at radius 1 is 1.18 bits per heavy atom. The lowest BCUT2D eigenvalue weighted by Gasteiger charge is -2.60. The molecule has 1 aromatic carbocycles. The smallest absolute Gasteiger partial charge is 0.316 e. The van der Waals surface area contributed by atoms with E-state index in [9.17, 15) is 14.7 Å². The molecule has 0 amide bonds. The molecule has 2 bridgehead atoms. The van der Waals surface area contributed by atoms with Crippen LogP contribution in [0.2, 0.25) is 0 Å². The number of aliphatic hydroxyl groups is 1. The number of fused-ring (bicyclic) bond motifs is 2. The van der Waals surface area contributed by atoms with Gasteiger partial charge in [0.15, 0.2) is 0 Å². The molecule has 0 aromatic heterocycles. The number of carbonyl (C=O) groups is 2.